The molecule has 0 atom stereocenters. The molecule has 0 aliphatic rings. The largest absolute Gasteiger partial charge is 0.497 e. The molecule has 9 nitrogen and oxygen atoms in total. The number of carbonyl (C=O) groups is 3. The van der Waals surface area contributed by atoms with Crippen LogP contribution in [0.3, 0.4) is 0 Å². The average Bonchev–Trinajstić information content (AvgIpc) is 3.30. The number of anilines is 1. The van der Waals surface area contributed by atoms with Gasteiger partial charge in [-0.15, -0.1) is 0 Å². The number of carbonyl (C=O) groups excluding carboxylic acids is 3. The zero-order valence-corrected chi connectivity index (χ0v) is 28.2. The fraction of sp³-hybridized carbons (Fsp3) is 0.324. The molecule has 238 valence electrons. The predicted octanol–water partition coefficient (Wildman–Crippen LogP) is 6.82. The Balaban J connectivity index is 1.38. The topological polar surface area (TPSA) is 113 Å². The molecule has 11 heteroatoms. The molecule has 4 aromatic rings. The Morgan fingerprint density at radius 2 is 1.64 bits per heavy atom. The van der Waals surface area contributed by atoms with Gasteiger partial charge in [0.2, 0.25) is 0 Å². The minimum atomic E-state index is -0.481. The van der Waals surface area contributed by atoms with Gasteiger partial charge in [-0.2, -0.15) is 0 Å². The van der Waals surface area contributed by atoms with E-state index in [0.29, 0.717) is 61.8 Å². The first-order valence-electron chi connectivity index (χ1n) is 14.7. The maximum absolute atomic E-state index is 13.5. The monoisotopic (exact) mass is 697 g/mol. The second kappa shape index (κ2) is 15.4. The number of ether oxygens (including phenoxy) is 3. The van der Waals surface area contributed by atoms with Crippen LogP contribution in [0.2, 0.25) is 5.02 Å². The van der Waals surface area contributed by atoms with Crippen LogP contribution in [0.4, 0.5) is 5.69 Å². The van der Waals surface area contributed by atoms with E-state index in [1.165, 1.54) is 0 Å². The molecule has 2 N–H and O–H groups in total. The number of esters is 2. The normalized spacial score (nSPS) is 11.2. The molecule has 0 saturated heterocycles. The van der Waals surface area contributed by atoms with E-state index in [-0.39, 0.29) is 25.5 Å². The average molecular weight is 699 g/mol. The lowest BCUT2D eigenvalue weighted by Gasteiger charge is -2.20. The number of halogens is 2. The SMILES string of the molecule is CCN(CC)Cc1cc(C(=O)OCCCOC(=O)Cc2c(C)n(C(=O)c3ccc(Cl)cc3)c3ccc(OC)cc23)cc(Br)c1N. The van der Waals surface area contributed by atoms with Gasteiger partial charge in [0.15, 0.2) is 0 Å². The third kappa shape index (κ3) is 8.06. The molecule has 0 aliphatic carbocycles. The summed E-state index contributed by atoms with van der Waals surface area (Å²) in [4.78, 5) is 41.4. The number of nitrogen functional groups attached to an aromatic ring is 1. The number of fused-ring (bicyclic) bond motifs is 1. The maximum atomic E-state index is 13.5. The van der Waals surface area contributed by atoms with Crippen molar-refractivity contribution in [3.05, 3.63) is 92.0 Å². The van der Waals surface area contributed by atoms with Gasteiger partial charge in [-0.05, 0) is 102 Å². The first kappa shape index (κ1) is 34.0. The first-order chi connectivity index (χ1) is 21.6. The number of benzene rings is 3. The minimum Gasteiger partial charge on any atom is -0.497 e. The van der Waals surface area contributed by atoms with Crippen molar-refractivity contribution in [2.24, 2.45) is 0 Å². The highest BCUT2D eigenvalue weighted by molar-refractivity contribution is 9.10. The fourth-order valence-corrected chi connectivity index (χ4v) is 5.72. The van der Waals surface area contributed by atoms with Crippen molar-refractivity contribution in [2.75, 3.05) is 39.1 Å². The molecule has 0 saturated carbocycles. The number of hydrogen-bond donors (Lipinski definition) is 1. The number of nitrogens with zero attached hydrogens (tertiary/aromatic N) is 2. The summed E-state index contributed by atoms with van der Waals surface area (Å²) >= 11 is 9.46. The van der Waals surface area contributed by atoms with Gasteiger partial charge < -0.3 is 19.9 Å². The molecular formula is C34H37BrClN3O6. The highest BCUT2D eigenvalue weighted by atomic mass is 79.9. The summed E-state index contributed by atoms with van der Waals surface area (Å²) in [5.41, 5.74) is 10.5. The first-order valence-corrected chi connectivity index (χ1v) is 15.9. The molecular weight excluding hydrogens is 662 g/mol. The number of methoxy groups -OCH3 is 1. The van der Waals surface area contributed by atoms with Crippen LogP contribution in [0.5, 0.6) is 5.75 Å². The van der Waals surface area contributed by atoms with E-state index in [1.807, 2.05) is 0 Å². The van der Waals surface area contributed by atoms with Gasteiger partial charge in [-0.25, -0.2) is 4.79 Å². The molecule has 0 amide bonds. The summed E-state index contributed by atoms with van der Waals surface area (Å²) in [7, 11) is 1.56. The lowest BCUT2D eigenvalue weighted by molar-refractivity contribution is -0.143. The van der Waals surface area contributed by atoms with E-state index in [0.717, 1.165) is 24.0 Å². The molecule has 4 rings (SSSR count). The van der Waals surface area contributed by atoms with Crippen LogP contribution in [0.15, 0.2) is 59.1 Å². The third-order valence-electron chi connectivity index (χ3n) is 7.68. The smallest absolute Gasteiger partial charge is 0.338 e. The molecule has 0 unspecified atom stereocenters. The van der Waals surface area contributed by atoms with Crippen LogP contribution in [-0.2, 0) is 27.2 Å². The second-order valence-corrected chi connectivity index (χ2v) is 11.8. The van der Waals surface area contributed by atoms with Crippen molar-refractivity contribution in [1.82, 2.24) is 9.47 Å². The summed E-state index contributed by atoms with van der Waals surface area (Å²) in [6, 6.07) is 15.4. The Morgan fingerprint density at radius 3 is 2.31 bits per heavy atom. The lowest BCUT2D eigenvalue weighted by atomic mass is 10.1. The van der Waals surface area contributed by atoms with Crippen molar-refractivity contribution in [1.29, 1.82) is 0 Å². The number of hydrogen-bond acceptors (Lipinski definition) is 8. The summed E-state index contributed by atoms with van der Waals surface area (Å²) in [5.74, 6) is -0.586. The highest BCUT2D eigenvalue weighted by Crippen LogP contribution is 2.31. The summed E-state index contributed by atoms with van der Waals surface area (Å²) in [6.45, 7) is 8.41. The van der Waals surface area contributed by atoms with Gasteiger partial charge >= 0.3 is 11.9 Å². The Bertz CT molecular complexity index is 1700. The van der Waals surface area contributed by atoms with Gasteiger partial charge in [0.05, 0.1) is 43.5 Å². The Kier molecular flexibility index (Phi) is 11.7. The molecule has 1 aromatic heterocycles. The molecule has 0 fully saturated rings. The van der Waals surface area contributed by atoms with Crippen molar-refractivity contribution in [3.63, 3.8) is 0 Å². The second-order valence-electron chi connectivity index (χ2n) is 10.5. The van der Waals surface area contributed by atoms with Gasteiger partial charge in [0, 0.05) is 39.1 Å². The summed E-state index contributed by atoms with van der Waals surface area (Å²) in [6.07, 6.45) is 0.272. The van der Waals surface area contributed by atoms with Gasteiger partial charge in [-0.1, -0.05) is 25.4 Å². The van der Waals surface area contributed by atoms with E-state index < -0.39 is 11.9 Å². The minimum absolute atomic E-state index is 0.0506. The predicted molar refractivity (Wildman–Crippen MR) is 179 cm³/mol. The molecule has 0 spiro atoms. The highest BCUT2D eigenvalue weighted by Gasteiger charge is 2.23. The van der Waals surface area contributed by atoms with E-state index in [4.69, 9.17) is 31.5 Å². The Morgan fingerprint density at radius 1 is 0.956 bits per heavy atom. The van der Waals surface area contributed by atoms with E-state index in [1.54, 1.807) is 73.2 Å². The molecule has 1 heterocycles. The van der Waals surface area contributed by atoms with Gasteiger partial charge in [-0.3, -0.25) is 19.1 Å². The molecule has 45 heavy (non-hydrogen) atoms. The van der Waals surface area contributed by atoms with Crippen molar-refractivity contribution in [2.45, 2.75) is 40.2 Å². The third-order valence-corrected chi connectivity index (χ3v) is 8.59. The van der Waals surface area contributed by atoms with Crippen LogP contribution in [0, 0.1) is 6.92 Å². The summed E-state index contributed by atoms with van der Waals surface area (Å²) in [5, 5.41) is 1.25. The summed E-state index contributed by atoms with van der Waals surface area (Å²) < 4.78 is 18.6. The molecule has 0 bridgehead atoms. The van der Waals surface area contributed by atoms with Crippen molar-refractivity contribution >= 4 is 62.0 Å². The van der Waals surface area contributed by atoms with Crippen LogP contribution in [0.1, 0.15) is 57.8 Å². The Labute approximate surface area is 276 Å². The lowest BCUT2D eigenvalue weighted by Crippen LogP contribution is -2.23. The van der Waals surface area contributed by atoms with Crippen LogP contribution in [0.25, 0.3) is 10.9 Å². The zero-order valence-electron chi connectivity index (χ0n) is 25.8. The molecule has 0 radical (unpaired) electrons. The number of aromatic nitrogens is 1. The quantitative estimate of drug-likeness (QED) is 0.0920. The standard InChI is InChI=1S/C34H37BrClN3O6/c1-5-38(6-2)20-24-16-23(17-29(35)32(24)37)34(42)45-15-7-14-44-31(40)19-27-21(3)39(30-13-12-26(43-4)18-28(27)30)33(41)22-8-10-25(36)11-9-22/h8-13,16-18H,5-7,14-15,19-20,37H2,1-4H3. The van der Waals surface area contributed by atoms with Crippen LogP contribution in [-0.4, -0.2) is 60.7 Å². The molecule has 0 aliphatic heterocycles. The van der Waals surface area contributed by atoms with Crippen molar-refractivity contribution < 1.29 is 28.6 Å². The molecule has 3 aromatic carbocycles. The maximum Gasteiger partial charge on any atom is 0.338 e. The van der Waals surface area contributed by atoms with Crippen LogP contribution >= 0.6 is 27.5 Å². The number of rotatable bonds is 13. The van der Waals surface area contributed by atoms with E-state index in [2.05, 4.69) is 34.7 Å². The van der Waals surface area contributed by atoms with Gasteiger partial charge in [0.1, 0.15) is 5.75 Å². The Hall–Kier alpha value is -3.86. The number of nitrogens with two attached hydrogens (primary N) is 1. The van der Waals surface area contributed by atoms with Crippen LogP contribution < -0.4 is 10.5 Å². The van der Waals surface area contributed by atoms with Crippen molar-refractivity contribution in [3.8, 4) is 5.75 Å². The zero-order chi connectivity index (χ0) is 32.7. The fourth-order valence-electron chi connectivity index (χ4n) is 5.10. The van der Waals surface area contributed by atoms with Gasteiger partial charge in [0.25, 0.3) is 5.91 Å². The van der Waals surface area contributed by atoms with E-state index in [9.17, 15) is 14.4 Å². The van der Waals surface area contributed by atoms with E-state index >= 15 is 0 Å².